The second kappa shape index (κ2) is 5.63. The Balaban J connectivity index is 2.76. The second-order valence-electron chi connectivity index (χ2n) is 3.46. The summed E-state index contributed by atoms with van der Waals surface area (Å²) in [5.41, 5.74) is 0.345. The Morgan fingerprint density at radius 2 is 2.12 bits per heavy atom. The zero-order chi connectivity index (χ0) is 13.0. The number of halogens is 2. The van der Waals surface area contributed by atoms with E-state index in [1.807, 2.05) is 0 Å². The van der Waals surface area contributed by atoms with Crippen molar-refractivity contribution < 1.29 is 19.1 Å². The summed E-state index contributed by atoms with van der Waals surface area (Å²) in [6.07, 6.45) is -0.215. The Labute approximate surface area is 102 Å². The van der Waals surface area contributed by atoms with Crippen LogP contribution in [-0.4, -0.2) is 23.5 Å². The number of benzene rings is 1. The molecule has 4 nitrogen and oxygen atoms in total. The SMILES string of the molecule is Cc1ccc(C(=O)NCCC(=O)O)c(F)c1Cl. The molecule has 1 aromatic rings. The van der Waals surface area contributed by atoms with Crippen molar-refractivity contribution in [3.63, 3.8) is 0 Å². The summed E-state index contributed by atoms with van der Waals surface area (Å²) < 4.78 is 13.6. The van der Waals surface area contributed by atoms with Crippen molar-refractivity contribution in [3.8, 4) is 0 Å². The molecule has 0 saturated carbocycles. The van der Waals surface area contributed by atoms with Crippen LogP contribution in [0.1, 0.15) is 22.3 Å². The van der Waals surface area contributed by atoms with E-state index in [9.17, 15) is 14.0 Å². The van der Waals surface area contributed by atoms with Gasteiger partial charge >= 0.3 is 5.97 Å². The van der Waals surface area contributed by atoms with Gasteiger partial charge in [0.05, 0.1) is 17.0 Å². The van der Waals surface area contributed by atoms with Gasteiger partial charge in [0.25, 0.3) is 5.91 Å². The van der Waals surface area contributed by atoms with Crippen molar-refractivity contribution in [2.75, 3.05) is 6.54 Å². The van der Waals surface area contributed by atoms with E-state index in [1.165, 1.54) is 12.1 Å². The monoisotopic (exact) mass is 259 g/mol. The molecule has 1 amide bonds. The van der Waals surface area contributed by atoms with Crippen molar-refractivity contribution in [1.29, 1.82) is 0 Å². The van der Waals surface area contributed by atoms with Crippen LogP contribution in [0.5, 0.6) is 0 Å². The van der Waals surface area contributed by atoms with Gasteiger partial charge in [0.1, 0.15) is 0 Å². The smallest absolute Gasteiger partial charge is 0.305 e. The molecule has 0 aliphatic heterocycles. The highest BCUT2D eigenvalue weighted by Crippen LogP contribution is 2.22. The van der Waals surface area contributed by atoms with Gasteiger partial charge in [0.15, 0.2) is 5.82 Å². The molecule has 92 valence electrons. The number of aliphatic carboxylic acids is 1. The van der Waals surface area contributed by atoms with Crippen LogP contribution in [-0.2, 0) is 4.79 Å². The predicted molar refractivity (Wildman–Crippen MR) is 60.7 cm³/mol. The average Bonchev–Trinajstić information content (AvgIpc) is 2.25. The third kappa shape index (κ3) is 3.42. The molecular weight excluding hydrogens is 249 g/mol. The summed E-state index contributed by atoms with van der Waals surface area (Å²) in [5, 5.41) is 10.6. The van der Waals surface area contributed by atoms with Gasteiger partial charge < -0.3 is 10.4 Å². The first kappa shape index (κ1) is 13.4. The van der Waals surface area contributed by atoms with Crippen LogP contribution in [0.4, 0.5) is 4.39 Å². The van der Waals surface area contributed by atoms with Crippen LogP contribution in [0, 0.1) is 12.7 Å². The van der Waals surface area contributed by atoms with E-state index in [-0.39, 0.29) is 23.6 Å². The maximum absolute atomic E-state index is 13.6. The average molecular weight is 260 g/mol. The fraction of sp³-hybridized carbons (Fsp3) is 0.273. The zero-order valence-electron chi connectivity index (χ0n) is 9.09. The van der Waals surface area contributed by atoms with Gasteiger partial charge in [-0.05, 0) is 18.6 Å². The number of amides is 1. The van der Waals surface area contributed by atoms with E-state index in [0.717, 1.165) is 0 Å². The molecule has 0 heterocycles. The molecule has 0 unspecified atom stereocenters. The number of aryl methyl sites for hydroxylation is 1. The van der Waals surface area contributed by atoms with Crippen LogP contribution in [0.15, 0.2) is 12.1 Å². The Kier molecular flexibility index (Phi) is 4.45. The lowest BCUT2D eigenvalue weighted by Gasteiger charge is -2.07. The van der Waals surface area contributed by atoms with E-state index in [2.05, 4.69) is 5.32 Å². The molecule has 1 aromatic carbocycles. The highest BCUT2D eigenvalue weighted by Gasteiger charge is 2.15. The summed E-state index contributed by atoms with van der Waals surface area (Å²) in [6.45, 7) is 1.57. The molecule has 0 fully saturated rings. The molecule has 0 bridgehead atoms. The Morgan fingerprint density at radius 3 is 2.71 bits per heavy atom. The summed E-state index contributed by atoms with van der Waals surface area (Å²) in [6, 6.07) is 2.84. The van der Waals surface area contributed by atoms with Gasteiger partial charge in [-0.1, -0.05) is 17.7 Å². The molecule has 0 aromatic heterocycles. The molecule has 2 N–H and O–H groups in total. The van der Waals surface area contributed by atoms with Gasteiger partial charge in [0, 0.05) is 6.54 Å². The van der Waals surface area contributed by atoms with Crippen LogP contribution >= 0.6 is 11.6 Å². The van der Waals surface area contributed by atoms with E-state index in [4.69, 9.17) is 16.7 Å². The Morgan fingerprint density at radius 1 is 1.47 bits per heavy atom. The van der Waals surface area contributed by atoms with Gasteiger partial charge in [0.2, 0.25) is 0 Å². The quantitative estimate of drug-likeness (QED) is 0.869. The van der Waals surface area contributed by atoms with Crippen molar-refractivity contribution in [1.82, 2.24) is 5.32 Å². The Bertz CT molecular complexity index is 462. The molecule has 17 heavy (non-hydrogen) atoms. The second-order valence-corrected chi connectivity index (χ2v) is 3.84. The minimum Gasteiger partial charge on any atom is -0.481 e. The van der Waals surface area contributed by atoms with Crippen LogP contribution in [0.2, 0.25) is 5.02 Å². The lowest BCUT2D eigenvalue weighted by atomic mass is 10.1. The summed E-state index contributed by atoms with van der Waals surface area (Å²) in [4.78, 5) is 21.7. The summed E-state index contributed by atoms with van der Waals surface area (Å²) in [7, 11) is 0. The molecule has 6 heteroatoms. The van der Waals surface area contributed by atoms with Crippen molar-refractivity contribution in [3.05, 3.63) is 34.1 Å². The van der Waals surface area contributed by atoms with Crippen molar-refractivity contribution in [2.45, 2.75) is 13.3 Å². The topological polar surface area (TPSA) is 66.4 Å². The van der Waals surface area contributed by atoms with Gasteiger partial charge in [-0.25, -0.2) is 4.39 Å². The number of carboxylic acid groups (broad SMARTS) is 1. The first-order valence-electron chi connectivity index (χ1n) is 4.88. The van der Waals surface area contributed by atoms with E-state index < -0.39 is 17.7 Å². The normalized spacial score (nSPS) is 10.1. The highest BCUT2D eigenvalue weighted by atomic mass is 35.5. The van der Waals surface area contributed by atoms with E-state index in [0.29, 0.717) is 5.56 Å². The van der Waals surface area contributed by atoms with Gasteiger partial charge in [-0.15, -0.1) is 0 Å². The van der Waals surface area contributed by atoms with Gasteiger partial charge in [-0.3, -0.25) is 9.59 Å². The lowest BCUT2D eigenvalue weighted by molar-refractivity contribution is -0.136. The van der Waals surface area contributed by atoms with Crippen LogP contribution in [0.3, 0.4) is 0 Å². The molecule has 0 saturated heterocycles. The minimum atomic E-state index is -1.03. The van der Waals surface area contributed by atoms with E-state index in [1.54, 1.807) is 6.92 Å². The maximum atomic E-state index is 13.6. The van der Waals surface area contributed by atoms with Crippen molar-refractivity contribution in [2.24, 2.45) is 0 Å². The molecule has 0 spiro atoms. The number of hydrogen-bond acceptors (Lipinski definition) is 2. The summed E-state index contributed by atoms with van der Waals surface area (Å²) in [5.74, 6) is -2.50. The fourth-order valence-electron chi connectivity index (χ4n) is 1.20. The lowest BCUT2D eigenvalue weighted by Crippen LogP contribution is -2.26. The molecule has 1 rings (SSSR count). The summed E-state index contributed by atoms with van der Waals surface area (Å²) >= 11 is 5.66. The molecule has 0 radical (unpaired) electrons. The van der Waals surface area contributed by atoms with Crippen LogP contribution < -0.4 is 5.32 Å². The third-order valence-electron chi connectivity index (χ3n) is 2.14. The maximum Gasteiger partial charge on any atom is 0.305 e. The molecule has 0 aliphatic carbocycles. The van der Waals surface area contributed by atoms with Crippen LogP contribution in [0.25, 0.3) is 0 Å². The number of rotatable bonds is 4. The first-order valence-corrected chi connectivity index (χ1v) is 5.26. The molecule has 0 aliphatic rings. The van der Waals surface area contributed by atoms with E-state index >= 15 is 0 Å². The number of carbonyl (C=O) groups excluding carboxylic acids is 1. The standard InChI is InChI=1S/C11H11ClFNO3/c1-6-2-3-7(10(13)9(6)12)11(17)14-5-4-8(15)16/h2-3H,4-5H2,1H3,(H,14,17)(H,15,16). The largest absolute Gasteiger partial charge is 0.481 e. The molecule has 0 atom stereocenters. The third-order valence-corrected chi connectivity index (χ3v) is 2.61. The number of nitrogens with one attached hydrogen (secondary N) is 1. The molecular formula is C11H11ClFNO3. The number of carboxylic acids is 1. The highest BCUT2D eigenvalue weighted by molar-refractivity contribution is 6.31. The predicted octanol–water partition coefficient (Wildman–Crippen LogP) is 1.99. The number of carbonyl (C=O) groups is 2. The Hall–Kier alpha value is -1.62. The minimum absolute atomic E-state index is 0.0564. The number of hydrogen-bond donors (Lipinski definition) is 2. The zero-order valence-corrected chi connectivity index (χ0v) is 9.84. The van der Waals surface area contributed by atoms with Gasteiger partial charge in [-0.2, -0.15) is 0 Å². The first-order chi connectivity index (χ1) is 7.93. The fourth-order valence-corrected chi connectivity index (χ4v) is 1.36. The van der Waals surface area contributed by atoms with Crippen molar-refractivity contribution >= 4 is 23.5 Å².